The molecule has 3 aromatic rings. The van der Waals surface area contributed by atoms with Crippen LogP contribution in [0.3, 0.4) is 0 Å². The van der Waals surface area contributed by atoms with Crippen LogP contribution >= 0.6 is 11.6 Å². The third kappa shape index (κ3) is 2.24. The van der Waals surface area contributed by atoms with Crippen LogP contribution in [0, 0.1) is 6.92 Å². The van der Waals surface area contributed by atoms with Gasteiger partial charge in [-0.15, -0.1) is 0 Å². The summed E-state index contributed by atoms with van der Waals surface area (Å²) in [6.45, 7) is 1.78. The van der Waals surface area contributed by atoms with Crippen LogP contribution in [0.5, 0.6) is 0 Å². The maximum absolute atomic E-state index is 12.6. The molecule has 0 unspecified atom stereocenters. The Labute approximate surface area is 126 Å². The van der Waals surface area contributed by atoms with Gasteiger partial charge in [-0.1, -0.05) is 11.6 Å². The number of anilines is 1. The van der Waals surface area contributed by atoms with Crippen molar-refractivity contribution >= 4 is 32.9 Å². The first-order chi connectivity index (χ1) is 9.89. The van der Waals surface area contributed by atoms with E-state index < -0.39 is 9.84 Å². The first-order valence-corrected chi connectivity index (χ1v) is 7.87. The van der Waals surface area contributed by atoms with Crippen molar-refractivity contribution < 1.29 is 8.42 Å². The molecule has 0 amide bonds. The molecule has 0 aliphatic carbocycles. The van der Waals surface area contributed by atoms with Gasteiger partial charge in [0.15, 0.2) is 5.65 Å². The zero-order valence-electron chi connectivity index (χ0n) is 11.0. The lowest BCUT2D eigenvalue weighted by Gasteiger charge is -2.08. The van der Waals surface area contributed by atoms with Gasteiger partial charge in [-0.3, -0.25) is 0 Å². The summed E-state index contributed by atoms with van der Waals surface area (Å²) in [5, 5.41) is 4.59. The summed E-state index contributed by atoms with van der Waals surface area (Å²) in [6, 6.07) is 7.59. The number of aromatic nitrogens is 3. The average Bonchev–Trinajstić information content (AvgIpc) is 2.81. The largest absolute Gasteiger partial charge is 0.382 e. The average molecular weight is 323 g/mol. The molecule has 0 atom stereocenters. The minimum Gasteiger partial charge on any atom is -0.382 e. The Hall–Kier alpha value is -2.12. The molecule has 2 N–H and O–H groups in total. The fourth-order valence-corrected chi connectivity index (χ4v) is 3.43. The Morgan fingerprint density at radius 1 is 1.24 bits per heavy atom. The molecule has 0 fully saturated rings. The quantitative estimate of drug-likeness (QED) is 0.780. The Kier molecular flexibility index (Phi) is 3.11. The van der Waals surface area contributed by atoms with E-state index in [4.69, 9.17) is 17.3 Å². The fourth-order valence-electron chi connectivity index (χ4n) is 2.00. The van der Waals surface area contributed by atoms with Gasteiger partial charge in [0.05, 0.1) is 16.8 Å². The molecule has 0 aliphatic rings. The molecule has 0 saturated heterocycles. The number of sulfone groups is 1. The van der Waals surface area contributed by atoms with Gasteiger partial charge >= 0.3 is 0 Å². The van der Waals surface area contributed by atoms with Crippen molar-refractivity contribution in [1.29, 1.82) is 0 Å². The molecule has 0 spiro atoms. The van der Waals surface area contributed by atoms with Crippen molar-refractivity contribution in [3.63, 3.8) is 0 Å². The van der Waals surface area contributed by atoms with E-state index in [0.717, 1.165) is 0 Å². The highest BCUT2D eigenvalue weighted by molar-refractivity contribution is 7.91. The zero-order chi connectivity index (χ0) is 15.2. The molecule has 8 heteroatoms. The number of hydrogen-bond acceptors (Lipinski definition) is 5. The van der Waals surface area contributed by atoms with E-state index in [0.29, 0.717) is 16.4 Å². The SMILES string of the molecule is Cc1cc2ncc(S(=O)(=O)c3ccc(Cl)cc3)c(N)n2n1. The minimum absolute atomic E-state index is 0.0306. The molecular weight excluding hydrogens is 312 g/mol. The van der Waals surface area contributed by atoms with E-state index in [1.165, 1.54) is 35.0 Å². The zero-order valence-corrected chi connectivity index (χ0v) is 12.6. The summed E-state index contributed by atoms with van der Waals surface area (Å²) in [6.07, 6.45) is 1.25. The second-order valence-electron chi connectivity index (χ2n) is 4.52. The van der Waals surface area contributed by atoms with Crippen LogP contribution in [0.1, 0.15) is 5.69 Å². The summed E-state index contributed by atoms with van der Waals surface area (Å²) in [7, 11) is -3.78. The molecule has 0 radical (unpaired) electrons. The van der Waals surface area contributed by atoms with Crippen LogP contribution in [0.4, 0.5) is 5.82 Å². The second kappa shape index (κ2) is 4.71. The normalized spacial score (nSPS) is 11.9. The Morgan fingerprint density at radius 2 is 1.90 bits per heavy atom. The highest BCUT2D eigenvalue weighted by Crippen LogP contribution is 2.26. The molecule has 21 heavy (non-hydrogen) atoms. The van der Waals surface area contributed by atoms with Crippen LogP contribution in [-0.4, -0.2) is 23.0 Å². The van der Waals surface area contributed by atoms with Crippen molar-refractivity contribution in [3.8, 4) is 0 Å². The summed E-state index contributed by atoms with van der Waals surface area (Å²) >= 11 is 5.77. The van der Waals surface area contributed by atoms with Crippen LogP contribution < -0.4 is 5.73 Å². The third-order valence-corrected chi connectivity index (χ3v) is 5.06. The van der Waals surface area contributed by atoms with Gasteiger partial charge in [0.2, 0.25) is 9.84 Å². The number of nitrogen functional groups attached to an aromatic ring is 1. The van der Waals surface area contributed by atoms with Gasteiger partial charge < -0.3 is 5.73 Å². The number of benzene rings is 1. The lowest BCUT2D eigenvalue weighted by Crippen LogP contribution is -2.11. The van der Waals surface area contributed by atoms with Crippen LogP contribution in [0.25, 0.3) is 5.65 Å². The smallest absolute Gasteiger partial charge is 0.211 e. The molecule has 0 aliphatic heterocycles. The van der Waals surface area contributed by atoms with Crippen molar-refractivity contribution in [3.05, 3.63) is 47.2 Å². The third-order valence-electron chi connectivity index (χ3n) is 3.02. The highest BCUT2D eigenvalue weighted by Gasteiger charge is 2.23. The predicted molar refractivity (Wildman–Crippen MR) is 79.0 cm³/mol. The standard InChI is InChI=1S/C13H11ClN4O2S/c1-8-6-12-16-7-11(13(15)18(12)17-8)21(19,20)10-4-2-9(14)3-5-10/h2-7H,15H2,1H3. The first kappa shape index (κ1) is 13.8. The van der Waals surface area contributed by atoms with Gasteiger partial charge in [0, 0.05) is 11.1 Å². The minimum atomic E-state index is -3.78. The summed E-state index contributed by atoms with van der Waals surface area (Å²) in [4.78, 5) is 4.11. The molecule has 108 valence electrons. The van der Waals surface area contributed by atoms with Crippen molar-refractivity contribution in [1.82, 2.24) is 14.6 Å². The fraction of sp³-hybridized carbons (Fsp3) is 0.0769. The van der Waals surface area contributed by atoms with Gasteiger partial charge in [-0.05, 0) is 31.2 Å². The van der Waals surface area contributed by atoms with Crippen LogP contribution in [-0.2, 0) is 9.84 Å². The summed E-state index contributed by atoms with van der Waals surface area (Å²) in [5.74, 6) is 0.0306. The number of nitrogens with two attached hydrogens (primary N) is 1. The molecule has 6 nitrogen and oxygen atoms in total. The van der Waals surface area contributed by atoms with E-state index in [-0.39, 0.29) is 15.6 Å². The topological polar surface area (TPSA) is 90.3 Å². The molecular formula is C13H11ClN4O2S. The maximum Gasteiger partial charge on any atom is 0.211 e. The molecule has 2 aromatic heterocycles. The second-order valence-corrected chi connectivity index (χ2v) is 6.88. The van der Waals surface area contributed by atoms with Gasteiger partial charge in [0.1, 0.15) is 10.7 Å². The number of rotatable bonds is 2. The van der Waals surface area contributed by atoms with Crippen molar-refractivity contribution in [2.75, 3.05) is 5.73 Å². The Bertz CT molecular complexity index is 933. The molecule has 0 bridgehead atoms. The number of halogens is 1. The van der Waals surface area contributed by atoms with Crippen LogP contribution in [0.2, 0.25) is 5.02 Å². The summed E-state index contributed by atoms with van der Waals surface area (Å²) in [5.41, 5.74) is 7.14. The number of fused-ring (bicyclic) bond motifs is 1. The van der Waals surface area contributed by atoms with Gasteiger partial charge in [-0.2, -0.15) is 9.61 Å². The van der Waals surface area contributed by atoms with Gasteiger partial charge in [0.25, 0.3) is 0 Å². The van der Waals surface area contributed by atoms with E-state index in [2.05, 4.69) is 10.1 Å². The Morgan fingerprint density at radius 3 is 2.57 bits per heavy atom. The van der Waals surface area contributed by atoms with Crippen molar-refractivity contribution in [2.45, 2.75) is 16.7 Å². The monoisotopic (exact) mass is 322 g/mol. The number of hydrogen-bond donors (Lipinski definition) is 1. The lowest BCUT2D eigenvalue weighted by molar-refractivity contribution is 0.595. The Balaban J connectivity index is 2.23. The van der Waals surface area contributed by atoms with E-state index >= 15 is 0 Å². The maximum atomic E-state index is 12.6. The predicted octanol–water partition coefficient (Wildman–Crippen LogP) is 2.11. The number of aryl methyl sites for hydroxylation is 1. The van der Waals surface area contributed by atoms with E-state index in [9.17, 15) is 8.42 Å². The molecule has 0 saturated carbocycles. The molecule has 2 heterocycles. The number of nitrogens with zero attached hydrogens (tertiary/aromatic N) is 3. The molecule has 1 aromatic carbocycles. The van der Waals surface area contributed by atoms with Crippen LogP contribution in [0.15, 0.2) is 46.3 Å². The summed E-state index contributed by atoms with van der Waals surface area (Å²) < 4.78 is 26.5. The van der Waals surface area contributed by atoms with Gasteiger partial charge in [-0.25, -0.2) is 13.4 Å². The lowest BCUT2D eigenvalue weighted by atomic mass is 10.4. The van der Waals surface area contributed by atoms with E-state index in [1.54, 1.807) is 13.0 Å². The first-order valence-electron chi connectivity index (χ1n) is 6.01. The van der Waals surface area contributed by atoms with Crippen molar-refractivity contribution in [2.24, 2.45) is 0 Å². The van der Waals surface area contributed by atoms with E-state index in [1.807, 2.05) is 0 Å². The molecule has 3 rings (SSSR count). The highest BCUT2D eigenvalue weighted by atomic mass is 35.5.